The number of benzene rings is 1. The zero-order chi connectivity index (χ0) is 10.1. The summed E-state index contributed by atoms with van der Waals surface area (Å²) in [6.07, 6.45) is -3.77. The summed E-state index contributed by atoms with van der Waals surface area (Å²) in [6.45, 7) is 1.77. The van der Waals surface area contributed by atoms with E-state index in [0.717, 1.165) is 12.1 Å². The minimum Gasteiger partial charge on any atom is -0.399 e. The topological polar surface area (TPSA) is 26.0 Å². The van der Waals surface area contributed by atoms with Gasteiger partial charge in [0.2, 0.25) is 0 Å². The Morgan fingerprint density at radius 1 is 1.31 bits per heavy atom. The maximum absolute atomic E-state index is 12.2. The van der Waals surface area contributed by atoms with Crippen LogP contribution in [-0.2, 0) is 12.6 Å². The van der Waals surface area contributed by atoms with Crippen LogP contribution in [0.2, 0.25) is 0 Å². The highest BCUT2D eigenvalue weighted by Gasteiger charge is 2.30. The average Bonchev–Trinajstić information content (AvgIpc) is 2.03. The van der Waals surface area contributed by atoms with Crippen molar-refractivity contribution in [1.29, 1.82) is 0 Å². The van der Waals surface area contributed by atoms with Crippen molar-refractivity contribution in [1.82, 2.24) is 0 Å². The van der Waals surface area contributed by atoms with Crippen LogP contribution >= 0.6 is 0 Å². The Kier molecular flexibility index (Phi) is 2.50. The molecule has 1 aromatic carbocycles. The molecule has 0 aliphatic rings. The summed E-state index contributed by atoms with van der Waals surface area (Å²) >= 11 is 0. The number of hydrogen-bond donors (Lipinski definition) is 1. The highest BCUT2D eigenvalue weighted by molar-refractivity contribution is 5.49. The summed E-state index contributed by atoms with van der Waals surface area (Å²) in [5.74, 6) is 0. The number of anilines is 1. The molecule has 2 N–H and O–H groups in total. The first-order valence-electron chi connectivity index (χ1n) is 3.90. The molecule has 0 saturated heterocycles. The van der Waals surface area contributed by atoms with E-state index >= 15 is 0 Å². The summed E-state index contributed by atoms with van der Waals surface area (Å²) in [4.78, 5) is 0. The van der Waals surface area contributed by atoms with E-state index in [2.05, 4.69) is 0 Å². The Morgan fingerprint density at radius 3 is 2.38 bits per heavy atom. The first-order valence-corrected chi connectivity index (χ1v) is 3.90. The summed E-state index contributed by atoms with van der Waals surface area (Å²) < 4.78 is 36.6. The van der Waals surface area contributed by atoms with Crippen molar-refractivity contribution in [3.63, 3.8) is 0 Å². The van der Waals surface area contributed by atoms with Crippen LogP contribution in [0.1, 0.15) is 18.1 Å². The van der Waals surface area contributed by atoms with E-state index in [9.17, 15) is 13.2 Å². The first kappa shape index (κ1) is 9.89. The normalized spacial score (nSPS) is 11.7. The zero-order valence-corrected chi connectivity index (χ0v) is 7.15. The van der Waals surface area contributed by atoms with Gasteiger partial charge >= 0.3 is 6.18 Å². The molecule has 72 valence electrons. The van der Waals surface area contributed by atoms with Gasteiger partial charge in [-0.05, 0) is 30.2 Å². The van der Waals surface area contributed by atoms with Gasteiger partial charge in [-0.15, -0.1) is 0 Å². The van der Waals surface area contributed by atoms with Crippen LogP contribution in [0.15, 0.2) is 18.2 Å². The second kappa shape index (κ2) is 3.28. The number of halogens is 3. The molecule has 4 heteroatoms. The lowest BCUT2D eigenvalue weighted by Crippen LogP contribution is -2.06. The van der Waals surface area contributed by atoms with Crippen LogP contribution in [0.4, 0.5) is 18.9 Å². The molecule has 13 heavy (non-hydrogen) atoms. The maximum Gasteiger partial charge on any atom is 0.416 e. The minimum absolute atomic E-state index is 0.413. The molecule has 0 radical (unpaired) electrons. The highest BCUT2D eigenvalue weighted by atomic mass is 19.4. The van der Waals surface area contributed by atoms with E-state index in [-0.39, 0.29) is 0 Å². The fourth-order valence-electron chi connectivity index (χ4n) is 1.09. The van der Waals surface area contributed by atoms with Crippen LogP contribution in [0.3, 0.4) is 0 Å². The third kappa shape index (κ3) is 2.14. The van der Waals surface area contributed by atoms with Crippen molar-refractivity contribution >= 4 is 5.69 Å². The Balaban J connectivity index is 3.14. The Labute approximate surface area is 74.4 Å². The monoisotopic (exact) mass is 189 g/mol. The summed E-state index contributed by atoms with van der Waals surface area (Å²) in [7, 11) is 0. The highest BCUT2D eigenvalue weighted by Crippen LogP contribution is 2.31. The number of rotatable bonds is 1. The average molecular weight is 189 g/mol. The van der Waals surface area contributed by atoms with Crippen LogP contribution in [0.5, 0.6) is 0 Å². The molecule has 1 rings (SSSR count). The minimum atomic E-state index is -4.28. The molecule has 0 aromatic heterocycles. The molecular weight excluding hydrogens is 179 g/mol. The van der Waals surface area contributed by atoms with Gasteiger partial charge < -0.3 is 5.73 Å². The molecule has 0 aliphatic heterocycles. The summed E-state index contributed by atoms with van der Waals surface area (Å²) in [5, 5.41) is 0. The summed E-state index contributed by atoms with van der Waals surface area (Å²) in [6, 6.07) is 3.38. The van der Waals surface area contributed by atoms with Gasteiger partial charge in [-0.2, -0.15) is 13.2 Å². The fourth-order valence-corrected chi connectivity index (χ4v) is 1.09. The molecule has 0 unspecified atom stereocenters. The van der Waals surface area contributed by atoms with Crippen LogP contribution < -0.4 is 5.73 Å². The number of nitrogens with two attached hydrogens (primary N) is 1. The third-order valence-corrected chi connectivity index (χ3v) is 1.85. The van der Waals surface area contributed by atoms with Gasteiger partial charge in [0.15, 0.2) is 0 Å². The number of nitrogen functional groups attached to an aromatic ring is 1. The molecule has 0 heterocycles. The van der Waals surface area contributed by atoms with Crippen molar-refractivity contribution in [2.45, 2.75) is 19.5 Å². The van der Waals surface area contributed by atoms with Crippen molar-refractivity contribution < 1.29 is 13.2 Å². The molecule has 0 spiro atoms. The van der Waals surface area contributed by atoms with E-state index in [1.807, 2.05) is 0 Å². The number of aryl methyl sites for hydroxylation is 1. The second-order valence-corrected chi connectivity index (χ2v) is 2.76. The van der Waals surface area contributed by atoms with Gasteiger partial charge in [0.05, 0.1) is 5.56 Å². The van der Waals surface area contributed by atoms with Crippen molar-refractivity contribution in [3.8, 4) is 0 Å². The Bertz CT molecular complexity index is 304. The van der Waals surface area contributed by atoms with E-state index in [0.29, 0.717) is 17.7 Å². The SMILES string of the molecule is CCc1cc(C(F)(F)F)ccc1N. The van der Waals surface area contributed by atoms with Gasteiger partial charge in [0.1, 0.15) is 0 Å². The lowest BCUT2D eigenvalue weighted by molar-refractivity contribution is -0.137. The molecular formula is C9H10F3N. The first-order chi connectivity index (χ1) is 5.95. The Hall–Kier alpha value is -1.19. The second-order valence-electron chi connectivity index (χ2n) is 2.76. The molecule has 0 fully saturated rings. The van der Waals surface area contributed by atoms with E-state index < -0.39 is 11.7 Å². The third-order valence-electron chi connectivity index (χ3n) is 1.85. The largest absolute Gasteiger partial charge is 0.416 e. The lowest BCUT2D eigenvalue weighted by Gasteiger charge is -2.09. The number of alkyl halides is 3. The van der Waals surface area contributed by atoms with Crippen LogP contribution in [0.25, 0.3) is 0 Å². The predicted molar refractivity (Wildman–Crippen MR) is 45.2 cm³/mol. The number of hydrogen-bond acceptors (Lipinski definition) is 1. The molecule has 0 saturated carbocycles. The molecule has 0 amide bonds. The van der Waals surface area contributed by atoms with E-state index in [1.165, 1.54) is 6.07 Å². The van der Waals surface area contributed by atoms with Crippen molar-refractivity contribution in [2.75, 3.05) is 5.73 Å². The molecule has 0 bridgehead atoms. The standard InChI is InChI=1S/C9H10F3N/c1-2-6-5-7(9(10,11)12)3-4-8(6)13/h3-5H,2,13H2,1H3. The maximum atomic E-state index is 12.2. The van der Waals surface area contributed by atoms with Gasteiger partial charge in [0.25, 0.3) is 0 Å². The molecule has 0 atom stereocenters. The zero-order valence-electron chi connectivity index (χ0n) is 7.15. The van der Waals surface area contributed by atoms with E-state index in [4.69, 9.17) is 5.73 Å². The predicted octanol–water partition coefficient (Wildman–Crippen LogP) is 2.85. The smallest absolute Gasteiger partial charge is 0.399 e. The summed E-state index contributed by atoms with van der Waals surface area (Å²) in [5.41, 5.74) is 5.79. The molecule has 1 nitrogen and oxygen atoms in total. The fraction of sp³-hybridized carbons (Fsp3) is 0.333. The van der Waals surface area contributed by atoms with Crippen molar-refractivity contribution in [2.24, 2.45) is 0 Å². The molecule has 0 aliphatic carbocycles. The van der Waals surface area contributed by atoms with E-state index in [1.54, 1.807) is 6.92 Å². The van der Waals surface area contributed by atoms with Crippen molar-refractivity contribution in [3.05, 3.63) is 29.3 Å². The quantitative estimate of drug-likeness (QED) is 0.675. The van der Waals surface area contributed by atoms with Gasteiger partial charge in [-0.3, -0.25) is 0 Å². The van der Waals surface area contributed by atoms with Gasteiger partial charge in [0, 0.05) is 5.69 Å². The molecule has 1 aromatic rings. The Morgan fingerprint density at radius 2 is 1.92 bits per heavy atom. The van der Waals surface area contributed by atoms with Gasteiger partial charge in [-0.25, -0.2) is 0 Å². The van der Waals surface area contributed by atoms with Gasteiger partial charge in [-0.1, -0.05) is 6.92 Å². The van der Waals surface area contributed by atoms with Crippen LogP contribution in [0, 0.1) is 0 Å². The van der Waals surface area contributed by atoms with Crippen LogP contribution in [-0.4, -0.2) is 0 Å². The lowest BCUT2D eigenvalue weighted by atomic mass is 10.1.